The van der Waals surface area contributed by atoms with Gasteiger partial charge < -0.3 is 1.43 Å². The summed E-state index contributed by atoms with van der Waals surface area (Å²) in [5.41, 5.74) is 0. The molecule has 0 spiro atoms. The third kappa shape index (κ3) is 4.52. The molecule has 0 saturated heterocycles. The van der Waals surface area contributed by atoms with Gasteiger partial charge in [0.2, 0.25) is 0 Å². The second kappa shape index (κ2) is 6.12. The molecule has 0 aliphatic heterocycles. The normalized spacial score (nSPS) is 12.1. The average Bonchev–Trinajstić information content (AvgIpc) is 2.52. The minimum Gasteiger partial charge on any atom is -1.00 e. The van der Waals surface area contributed by atoms with Gasteiger partial charge in [0.25, 0.3) is 10.1 Å². The maximum absolute atomic E-state index is 11.3. The molecule has 1 heterocycles. The SMILES string of the molecule is CCCS(=O)(=O)OS(=O)(=O)n1ccnc1.[H-].[Na+]. The fourth-order valence-corrected chi connectivity index (χ4v) is 3.30. The van der Waals surface area contributed by atoms with E-state index in [-0.39, 0.29) is 43.2 Å². The average molecular weight is 278 g/mol. The molecular weight excluding hydrogens is 267 g/mol. The fourth-order valence-electron chi connectivity index (χ4n) is 0.829. The first-order valence-corrected chi connectivity index (χ1v) is 6.99. The number of rotatable bonds is 5. The molecule has 0 aromatic carbocycles. The molecule has 0 aliphatic rings. The Bertz CT molecular complexity index is 513. The van der Waals surface area contributed by atoms with Gasteiger partial charge >= 0.3 is 39.9 Å². The zero-order valence-electron chi connectivity index (χ0n) is 9.90. The Labute approximate surface area is 118 Å². The van der Waals surface area contributed by atoms with E-state index in [2.05, 4.69) is 8.61 Å². The molecule has 88 valence electrons. The van der Waals surface area contributed by atoms with Gasteiger partial charge in [-0.1, -0.05) is 6.92 Å². The van der Waals surface area contributed by atoms with Gasteiger partial charge in [-0.2, -0.15) is 16.8 Å². The van der Waals surface area contributed by atoms with Crippen LogP contribution < -0.4 is 29.6 Å². The minimum absolute atomic E-state index is 0. The maximum atomic E-state index is 11.3. The summed E-state index contributed by atoms with van der Waals surface area (Å²) in [5, 5.41) is 0. The number of imidazole rings is 1. The van der Waals surface area contributed by atoms with Crippen molar-refractivity contribution in [1.82, 2.24) is 8.96 Å². The van der Waals surface area contributed by atoms with Crippen LogP contribution in [0.25, 0.3) is 0 Å². The van der Waals surface area contributed by atoms with E-state index in [1.165, 1.54) is 6.20 Å². The Morgan fingerprint density at radius 1 is 1.38 bits per heavy atom. The van der Waals surface area contributed by atoms with Gasteiger partial charge in [-0.15, -0.1) is 3.63 Å². The first-order valence-electron chi connectivity index (χ1n) is 4.04. The van der Waals surface area contributed by atoms with E-state index in [9.17, 15) is 16.8 Å². The first-order chi connectivity index (χ1) is 6.87. The second-order valence-electron chi connectivity index (χ2n) is 2.68. The maximum Gasteiger partial charge on any atom is 1.00 e. The monoisotopic (exact) mass is 278 g/mol. The topological polar surface area (TPSA) is 95.3 Å². The van der Waals surface area contributed by atoms with Crippen LogP contribution in [0.5, 0.6) is 0 Å². The summed E-state index contributed by atoms with van der Waals surface area (Å²) in [6.45, 7) is 1.60. The Balaban J connectivity index is 0. The second-order valence-corrected chi connectivity index (χ2v) is 6.03. The smallest absolute Gasteiger partial charge is 1.00 e. The number of aromatic nitrogens is 2. The van der Waals surface area contributed by atoms with Crippen molar-refractivity contribution in [3.8, 4) is 0 Å². The summed E-state index contributed by atoms with van der Waals surface area (Å²) in [6, 6.07) is 0. The van der Waals surface area contributed by atoms with Crippen LogP contribution in [0, 0.1) is 0 Å². The van der Waals surface area contributed by atoms with E-state index in [0.717, 1.165) is 12.5 Å². The van der Waals surface area contributed by atoms with Crippen molar-refractivity contribution in [2.75, 3.05) is 5.75 Å². The van der Waals surface area contributed by atoms with Gasteiger partial charge in [0.15, 0.2) is 0 Å². The molecule has 0 aliphatic carbocycles. The molecule has 1 aromatic heterocycles. The van der Waals surface area contributed by atoms with Crippen LogP contribution in [0.1, 0.15) is 14.8 Å². The van der Waals surface area contributed by atoms with Crippen molar-refractivity contribution in [2.24, 2.45) is 0 Å². The van der Waals surface area contributed by atoms with Crippen molar-refractivity contribution in [1.29, 1.82) is 0 Å². The molecule has 0 N–H and O–H groups in total. The molecule has 1 aromatic rings. The van der Waals surface area contributed by atoms with Crippen molar-refractivity contribution in [3.63, 3.8) is 0 Å². The number of hydrogen-bond donors (Lipinski definition) is 0. The summed E-state index contributed by atoms with van der Waals surface area (Å²) in [7, 11) is -8.38. The third-order valence-electron chi connectivity index (χ3n) is 1.38. The molecule has 0 atom stereocenters. The van der Waals surface area contributed by atoms with Gasteiger partial charge in [0, 0.05) is 12.4 Å². The van der Waals surface area contributed by atoms with Gasteiger partial charge in [-0.05, 0) is 6.42 Å². The molecule has 0 radical (unpaired) electrons. The summed E-state index contributed by atoms with van der Waals surface area (Å²) in [5.74, 6) is -0.346. The van der Waals surface area contributed by atoms with E-state index in [0.29, 0.717) is 3.97 Å². The molecule has 0 unspecified atom stereocenters. The zero-order chi connectivity index (χ0) is 11.5. The van der Waals surface area contributed by atoms with E-state index in [1.54, 1.807) is 6.92 Å². The molecule has 16 heavy (non-hydrogen) atoms. The molecular formula is C6H11N2NaO5S2. The summed E-state index contributed by atoms with van der Waals surface area (Å²) in [4.78, 5) is 3.47. The Kier molecular flexibility index (Phi) is 6.15. The molecule has 10 heteroatoms. The summed E-state index contributed by atoms with van der Waals surface area (Å²) >= 11 is 0. The standard InChI is InChI=1S/C6H10N2O5S2.Na.H/c1-2-5-14(9,10)13-15(11,12)8-4-3-7-6-8;;/h3-4,6H,2,5H2,1H3;;/q;+1;-1. The van der Waals surface area contributed by atoms with Crippen LogP contribution in [-0.4, -0.2) is 31.5 Å². The van der Waals surface area contributed by atoms with Gasteiger partial charge in [-0.25, -0.2) is 8.96 Å². The summed E-state index contributed by atoms with van der Waals surface area (Å²) in [6.07, 6.45) is 3.50. The first kappa shape index (κ1) is 16.1. The van der Waals surface area contributed by atoms with E-state index in [4.69, 9.17) is 0 Å². The molecule has 0 fully saturated rings. The van der Waals surface area contributed by atoms with Crippen LogP contribution in [0.4, 0.5) is 0 Å². The van der Waals surface area contributed by atoms with Crippen molar-refractivity contribution in [2.45, 2.75) is 13.3 Å². The molecule has 1 rings (SSSR count). The number of hydrogen-bond acceptors (Lipinski definition) is 6. The van der Waals surface area contributed by atoms with Gasteiger partial charge in [0.1, 0.15) is 6.33 Å². The van der Waals surface area contributed by atoms with Crippen molar-refractivity contribution < 1.29 is 51.4 Å². The van der Waals surface area contributed by atoms with Crippen LogP contribution >= 0.6 is 0 Å². The zero-order valence-corrected chi connectivity index (χ0v) is 12.5. The number of nitrogens with zero attached hydrogens (tertiary/aromatic N) is 2. The molecule has 0 bridgehead atoms. The van der Waals surface area contributed by atoms with Crippen molar-refractivity contribution >= 4 is 20.4 Å². The molecule has 0 amide bonds. The van der Waals surface area contributed by atoms with Gasteiger partial charge in [-0.3, -0.25) is 0 Å². The predicted octanol–water partition coefficient (Wildman–Crippen LogP) is -3.15. The molecule has 0 saturated carbocycles. The largest absolute Gasteiger partial charge is 1.00 e. The van der Waals surface area contributed by atoms with Crippen LogP contribution in [0.3, 0.4) is 0 Å². The van der Waals surface area contributed by atoms with Gasteiger partial charge in [0.05, 0.1) is 5.75 Å². The summed E-state index contributed by atoms with van der Waals surface area (Å²) < 4.78 is 49.5. The van der Waals surface area contributed by atoms with Crippen LogP contribution in [0.15, 0.2) is 18.7 Å². The van der Waals surface area contributed by atoms with Crippen molar-refractivity contribution in [3.05, 3.63) is 18.7 Å². The Morgan fingerprint density at radius 3 is 2.44 bits per heavy atom. The minimum atomic E-state index is -4.33. The van der Waals surface area contributed by atoms with Crippen LogP contribution in [-0.2, 0) is 24.1 Å². The fraction of sp³-hybridized carbons (Fsp3) is 0.500. The van der Waals surface area contributed by atoms with E-state index in [1.807, 2.05) is 0 Å². The Hall–Kier alpha value is 0.0700. The van der Waals surface area contributed by atoms with E-state index < -0.39 is 20.4 Å². The van der Waals surface area contributed by atoms with E-state index >= 15 is 0 Å². The predicted molar refractivity (Wildman–Crippen MR) is 52.8 cm³/mol. The third-order valence-corrected chi connectivity index (χ3v) is 4.54. The van der Waals surface area contributed by atoms with Crippen LogP contribution in [0.2, 0.25) is 0 Å². The quantitative estimate of drug-likeness (QED) is 0.528. The Morgan fingerprint density at radius 2 is 2.00 bits per heavy atom. The molecule has 7 nitrogen and oxygen atoms in total.